The quantitative estimate of drug-likeness (QED) is 0.792. The number of rotatable bonds is 3. The number of aryl methyl sites for hydroxylation is 1. The summed E-state index contributed by atoms with van der Waals surface area (Å²) in [6.45, 7) is 0. The van der Waals surface area contributed by atoms with Gasteiger partial charge in [0.15, 0.2) is 0 Å². The maximum Gasteiger partial charge on any atom is 0.131 e. The van der Waals surface area contributed by atoms with Gasteiger partial charge in [-0.1, -0.05) is 30.3 Å². The first-order valence-electron chi connectivity index (χ1n) is 6.53. The maximum atomic E-state index is 13.9. The first-order valence-corrected chi connectivity index (χ1v) is 6.53. The second-order valence-corrected chi connectivity index (χ2v) is 4.85. The molecule has 3 rings (SSSR count). The van der Waals surface area contributed by atoms with Crippen LogP contribution in [-0.4, -0.2) is 16.8 Å². The Morgan fingerprint density at radius 1 is 1.15 bits per heavy atom. The SMILES string of the molecule is CNC(c1cnn(C)c1)c1ccc(F)c2ccccc12. The molecule has 1 unspecified atom stereocenters. The monoisotopic (exact) mass is 269 g/mol. The van der Waals surface area contributed by atoms with Crippen molar-refractivity contribution in [1.82, 2.24) is 15.1 Å². The van der Waals surface area contributed by atoms with Gasteiger partial charge in [0.05, 0.1) is 12.2 Å². The molecule has 0 saturated carbocycles. The lowest BCUT2D eigenvalue weighted by Crippen LogP contribution is -2.17. The Kier molecular flexibility index (Phi) is 3.24. The number of halogens is 1. The van der Waals surface area contributed by atoms with Crippen LogP contribution in [0.1, 0.15) is 17.2 Å². The van der Waals surface area contributed by atoms with Crippen molar-refractivity contribution in [3.8, 4) is 0 Å². The van der Waals surface area contributed by atoms with Gasteiger partial charge in [0.1, 0.15) is 5.82 Å². The molecular weight excluding hydrogens is 253 g/mol. The van der Waals surface area contributed by atoms with Crippen LogP contribution in [0.5, 0.6) is 0 Å². The highest BCUT2D eigenvalue weighted by atomic mass is 19.1. The van der Waals surface area contributed by atoms with Gasteiger partial charge in [-0.2, -0.15) is 5.10 Å². The lowest BCUT2D eigenvalue weighted by Gasteiger charge is -2.17. The third-order valence-electron chi connectivity index (χ3n) is 3.56. The van der Waals surface area contributed by atoms with Crippen molar-refractivity contribution in [3.63, 3.8) is 0 Å². The van der Waals surface area contributed by atoms with E-state index in [0.29, 0.717) is 5.39 Å². The largest absolute Gasteiger partial charge is 0.309 e. The fourth-order valence-electron chi connectivity index (χ4n) is 2.63. The highest BCUT2D eigenvalue weighted by molar-refractivity contribution is 5.87. The number of nitrogens with one attached hydrogen (secondary N) is 1. The summed E-state index contributed by atoms with van der Waals surface area (Å²) in [5.41, 5.74) is 2.12. The van der Waals surface area contributed by atoms with Gasteiger partial charge in [0.2, 0.25) is 0 Å². The van der Waals surface area contributed by atoms with E-state index in [-0.39, 0.29) is 11.9 Å². The van der Waals surface area contributed by atoms with Crippen LogP contribution in [-0.2, 0) is 7.05 Å². The standard InChI is InChI=1S/C16H16FN3/c1-18-16(11-9-19-20(2)10-11)14-7-8-15(17)13-6-4-3-5-12(13)14/h3-10,16,18H,1-2H3. The number of benzene rings is 2. The molecule has 0 amide bonds. The van der Waals surface area contributed by atoms with Crippen LogP contribution in [0.2, 0.25) is 0 Å². The Balaban J connectivity index is 2.20. The van der Waals surface area contributed by atoms with Crippen molar-refractivity contribution in [2.75, 3.05) is 7.05 Å². The molecule has 3 aromatic rings. The van der Waals surface area contributed by atoms with Gasteiger partial charge in [-0.15, -0.1) is 0 Å². The summed E-state index contributed by atoms with van der Waals surface area (Å²) in [6, 6.07) is 10.9. The predicted molar refractivity (Wildman–Crippen MR) is 78.0 cm³/mol. The van der Waals surface area contributed by atoms with E-state index in [9.17, 15) is 4.39 Å². The predicted octanol–water partition coefficient (Wildman–Crippen LogP) is 3.02. The summed E-state index contributed by atoms with van der Waals surface area (Å²) >= 11 is 0. The molecule has 2 aromatic carbocycles. The van der Waals surface area contributed by atoms with Gasteiger partial charge < -0.3 is 5.32 Å². The molecule has 0 radical (unpaired) electrons. The first kappa shape index (κ1) is 12.8. The summed E-state index contributed by atoms with van der Waals surface area (Å²) in [7, 11) is 3.79. The van der Waals surface area contributed by atoms with Crippen LogP contribution in [0.25, 0.3) is 10.8 Å². The van der Waals surface area contributed by atoms with Crippen molar-refractivity contribution < 1.29 is 4.39 Å². The molecule has 0 bridgehead atoms. The van der Waals surface area contributed by atoms with Crippen LogP contribution in [0, 0.1) is 5.82 Å². The van der Waals surface area contributed by atoms with E-state index in [4.69, 9.17) is 0 Å². The molecular formula is C16H16FN3. The Hall–Kier alpha value is -2.20. The molecule has 4 heteroatoms. The molecule has 0 saturated heterocycles. The molecule has 0 fully saturated rings. The van der Waals surface area contributed by atoms with Gasteiger partial charge in [-0.25, -0.2) is 4.39 Å². The van der Waals surface area contributed by atoms with Crippen LogP contribution in [0.4, 0.5) is 4.39 Å². The number of nitrogens with zero attached hydrogens (tertiary/aromatic N) is 2. The van der Waals surface area contributed by atoms with Crippen molar-refractivity contribution in [2.24, 2.45) is 7.05 Å². The first-order chi connectivity index (χ1) is 9.70. The van der Waals surface area contributed by atoms with Gasteiger partial charge in [-0.05, 0) is 24.1 Å². The van der Waals surface area contributed by atoms with Crippen molar-refractivity contribution >= 4 is 10.8 Å². The lowest BCUT2D eigenvalue weighted by molar-refractivity contribution is 0.636. The average molecular weight is 269 g/mol. The Labute approximate surface area is 117 Å². The van der Waals surface area contributed by atoms with Gasteiger partial charge in [0.25, 0.3) is 0 Å². The van der Waals surface area contributed by atoms with Crippen LogP contribution >= 0.6 is 0 Å². The van der Waals surface area contributed by atoms with Crippen LogP contribution in [0.15, 0.2) is 48.8 Å². The molecule has 0 aliphatic carbocycles. The topological polar surface area (TPSA) is 29.9 Å². The number of hydrogen-bond donors (Lipinski definition) is 1. The van der Waals surface area contributed by atoms with E-state index in [2.05, 4.69) is 10.4 Å². The van der Waals surface area contributed by atoms with E-state index in [1.165, 1.54) is 6.07 Å². The van der Waals surface area contributed by atoms with Gasteiger partial charge in [-0.3, -0.25) is 4.68 Å². The molecule has 3 nitrogen and oxygen atoms in total. The third-order valence-corrected chi connectivity index (χ3v) is 3.56. The van der Waals surface area contributed by atoms with E-state index in [1.807, 2.05) is 56.8 Å². The minimum Gasteiger partial charge on any atom is -0.309 e. The summed E-state index contributed by atoms with van der Waals surface area (Å²) < 4.78 is 15.7. The van der Waals surface area contributed by atoms with Crippen molar-refractivity contribution in [2.45, 2.75) is 6.04 Å². The highest BCUT2D eigenvalue weighted by Crippen LogP contribution is 2.29. The van der Waals surface area contributed by atoms with Gasteiger partial charge >= 0.3 is 0 Å². The minimum absolute atomic E-state index is 0.00537. The summed E-state index contributed by atoms with van der Waals surface area (Å²) in [6.07, 6.45) is 3.80. The second-order valence-electron chi connectivity index (χ2n) is 4.85. The number of fused-ring (bicyclic) bond motifs is 1. The molecule has 1 heterocycles. The van der Waals surface area contributed by atoms with E-state index < -0.39 is 0 Å². The second kappa shape index (κ2) is 5.06. The average Bonchev–Trinajstić information content (AvgIpc) is 2.89. The van der Waals surface area contributed by atoms with Crippen molar-refractivity contribution in [3.05, 3.63) is 65.7 Å². The normalized spacial score (nSPS) is 12.8. The Bertz CT molecular complexity index is 748. The maximum absolute atomic E-state index is 13.9. The van der Waals surface area contributed by atoms with E-state index in [1.54, 1.807) is 4.68 Å². The third kappa shape index (κ3) is 2.08. The molecule has 1 atom stereocenters. The lowest BCUT2D eigenvalue weighted by atomic mass is 9.95. The zero-order valence-electron chi connectivity index (χ0n) is 11.5. The zero-order chi connectivity index (χ0) is 14.1. The number of hydrogen-bond acceptors (Lipinski definition) is 2. The minimum atomic E-state index is -0.189. The van der Waals surface area contributed by atoms with E-state index >= 15 is 0 Å². The van der Waals surface area contributed by atoms with E-state index in [0.717, 1.165) is 16.5 Å². The van der Waals surface area contributed by atoms with Gasteiger partial charge in [0, 0.05) is 24.2 Å². The highest BCUT2D eigenvalue weighted by Gasteiger charge is 2.17. The summed E-state index contributed by atoms with van der Waals surface area (Å²) in [4.78, 5) is 0. The van der Waals surface area contributed by atoms with Crippen molar-refractivity contribution in [1.29, 1.82) is 0 Å². The zero-order valence-corrected chi connectivity index (χ0v) is 11.5. The molecule has 1 aromatic heterocycles. The fourth-order valence-corrected chi connectivity index (χ4v) is 2.63. The smallest absolute Gasteiger partial charge is 0.131 e. The molecule has 0 spiro atoms. The fraction of sp³-hybridized carbons (Fsp3) is 0.188. The molecule has 0 aliphatic heterocycles. The molecule has 102 valence electrons. The van der Waals surface area contributed by atoms with Crippen LogP contribution in [0.3, 0.4) is 0 Å². The summed E-state index contributed by atoms with van der Waals surface area (Å²) in [5, 5.41) is 9.07. The molecule has 20 heavy (non-hydrogen) atoms. The van der Waals surface area contributed by atoms with Crippen LogP contribution < -0.4 is 5.32 Å². The Morgan fingerprint density at radius 3 is 2.55 bits per heavy atom. The summed E-state index contributed by atoms with van der Waals surface area (Å²) in [5.74, 6) is -0.189. The molecule has 1 N–H and O–H groups in total. The molecule has 0 aliphatic rings. The number of aromatic nitrogens is 2. The Morgan fingerprint density at radius 2 is 1.90 bits per heavy atom.